The van der Waals surface area contributed by atoms with Crippen LogP contribution in [0.15, 0.2) is 51.9 Å². The van der Waals surface area contributed by atoms with Crippen molar-refractivity contribution in [1.29, 1.82) is 0 Å². The molecule has 2 aromatic carbocycles. The molecule has 0 saturated carbocycles. The first kappa shape index (κ1) is 18.2. The minimum atomic E-state index is -0.616. The van der Waals surface area contributed by atoms with Gasteiger partial charge >= 0.3 is 0 Å². The predicted molar refractivity (Wildman–Crippen MR) is 104 cm³/mol. The largest absolute Gasteiger partial charge is 0.508 e. The van der Waals surface area contributed by atoms with Crippen molar-refractivity contribution in [3.05, 3.63) is 74.3 Å². The summed E-state index contributed by atoms with van der Waals surface area (Å²) in [4.78, 5) is 16.1. The Morgan fingerprint density at radius 1 is 1.31 bits per heavy atom. The molecule has 3 rings (SSSR count). The standard InChI is InChI=1S/C18H14BrClN4O2/c19-13-6-3-11(7-14(13)20)8-15-16(17(21)26)18(24-23-15)22-9-10-1-4-12(25)5-2-10/h1-7,9,25H,8H2,(H2,21,26)(H,23,24). The van der Waals surface area contributed by atoms with Gasteiger partial charge in [-0.2, -0.15) is 5.10 Å². The summed E-state index contributed by atoms with van der Waals surface area (Å²) in [6.07, 6.45) is 1.95. The highest BCUT2D eigenvalue weighted by Crippen LogP contribution is 2.26. The van der Waals surface area contributed by atoms with Gasteiger partial charge < -0.3 is 10.8 Å². The Hall–Kier alpha value is -2.64. The molecule has 1 amide bonds. The Kier molecular flexibility index (Phi) is 5.39. The van der Waals surface area contributed by atoms with Crippen LogP contribution in [0, 0.1) is 0 Å². The van der Waals surface area contributed by atoms with Crippen molar-refractivity contribution in [2.24, 2.45) is 10.7 Å². The van der Waals surface area contributed by atoms with Crippen LogP contribution in [0.5, 0.6) is 5.75 Å². The van der Waals surface area contributed by atoms with E-state index >= 15 is 0 Å². The number of nitrogens with zero attached hydrogens (tertiary/aromatic N) is 2. The van der Waals surface area contributed by atoms with Gasteiger partial charge in [-0.1, -0.05) is 17.7 Å². The van der Waals surface area contributed by atoms with Crippen LogP contribution in [0.4, 0.5) is 5.82 Å². The minimum absolute atomic E-state index is 0.162. The molecule has 1 aromatic heterocycles. The number of carbonyl (C=O) groups excluding carboxylic acids is 1. The molecule has 0 saturated heterocycles. The highest BCUT2D eigenvalue weighted by atomic mass is 79.9. The van der Waals surface area contributed by atoms with Crippen molar-refractivity contribution in [3.63, 3.8) is 0 Å². The number of amides is 1. The van der Waals surface area contributed by atoms with Gasteiger partial charge in [0, 0.05) is 17.1 Å². The van der Waals surface area contributed by atoms with E-state index in [9.17, 15) is 9.90 Å². The van der Waals surface area contributed by atoms with Crippen molar-refractivity contribution < 1.29 is 9.90 Å². The molecule has 6 nitrogen and oxygen atoms in total. The second-order valence-corrected chi connectivity index (χ2v) is 6.80. The molecule has 26 heavy (non-hydrogen) atoms. The molecule has 0 atom stereocenters. The number of aliphatic imine (C=N–C) groups is 1. The van der Waals surface area contributed by atoms with E-state index in [-0.39, 0.29) is 17.1 Å². The number of phenolic OH excluding ortho intramolecular Hbond substituents is 1. The van der Waals surface area contributed by atoms with Crippen LogP contribution in [-0.2, 0) is 6.42 Å². The highest BCUT2D eigenvalue weighted by molar-refractivity contribution is 9.10. The molecule has 1 heterocycles. The van der Waals surface area contributed by atoms with E-state index < -0.39 is 5.91 Å². The number of aromatic hydroxyl groups is 1. The fourth-order valence-corrected chi connectivity index (χ4v) is 2.85. The number of aromatic nitrogens is 2. The van der Waals surface area contributed by atoms with Gasteiger partial charge in [-0.25, -0.2) is 4.99 Å². The molecule has 0 spiro atoms. The second-order valence-electron chi connectivity index (χ2n) is 5.54. The zero-order valence-corrected chi connectivity index (χ0v) is 15.8. The van der Waals surface area contributed by atoms with Crippen molar-refractivity contribution in [2.75, 3.05) is 0 Å². The van der Waals surface area contributed by atoms with Crippen LogP contribution < -0.4 is 5.73 Å². The van der Waals surface area contributed by atoms with E-state index in [1.165, 1.54) is 0 Å². The Balaban J connectivity index is 1.89. The second kappa shape index (κ2) is 7.72. The number of aromatic amines is 1. The lowest BCUT2D eigenvalue weighted by atomic mass is 10.1. The summed E-state index contributed by atoms with van der Waals surface area (Å²) in [5.74, 6) is -0.242. The molecule has 0 unspecified atom stereocenters. The maximum absolute atomic E-state index is 11.9. The average molecular weight is 434 g/mol. The Morgan fingerprint density at radius 3 is 2.69 bits per heavy atom. The monoisotopic (exact) mass is 432 g/mol. The number of phenols is 1. The Morgan fingerprint density at radius 2 is 2.04 bits per heavy atom. The molecule has 0 bridgehead atoms. The van der Waals surface area contributed by atoms with E-state index in [0.29, 0.717) is 17.1 Å². The normalized spacial score (nSPS) is 11.2. The first-order chi connectivity index (χ1) is 12.4. The van der Waals surface area contributed by atoms with Gasteiger partial charge in [0.25, 0.3) is 5.91 Å². The van der Waals surface area contributed by atoms with Crippen LogP contribution >= 0.6 is 27.5 Å². The first-order valence-electron chi connectivity index (χ1n) is 7.58. The average Bonchev–Trinajstić information content (AvgIpc) is 3.00. The van der Waals surface area contributed by atoms with E-state index in [1.54, 1.807) is 36.5 Å². The van der Waals surface area contributed by atoms with Gasteiger partial charge in [-0.05, 0) is 63.5 Å². The Labute approximate surface area is 162 Å². The first-order valence-corrected chi connectivity index (χ1v) is 8.75. The molecule has 8 heteroatoms. The lowest BCUT2D eigenvalue weighted by Crippen LogP contribution is -2.13. The molecule has 0 radical (unpaired) electrons. The number of nitrogens with one attached hydrogen (secondary N) is 1. The van der Waals surface area contributed by atoms with E-state index in [4.69, 9.17) is 17.3 Å². The van der Waals surface area contributed by atoms with E-state index in [0.717, 1.165) is 15.6 Å². The van der Waals surface area contributed by atoms with Crippen LogP contribution in [0.2, 0.25) is 5.02 Å². The summed E-state index contributed by atoms with van der Waals surface area (Å²) in [5.41, 5.74) is 7.97. The minimum Gasteiger partial charge on any atom is -0.508 e. The number of carbonyl (C=O) groups is 1. The van der Waals surface area contributed by atoms with Gasteiger partial charge in [-0.3, -0.25) is 9.89 Å². The summed E-state index contributed by atoms with van der Waals surface area (Å²) in [6, 6.07) is 12.0. The molecule has 4 N–H and O–H groups in total. The summed E-state index contributed by atoms with van der Waals surface area (Å²) < 4.78 is 0.793. The van der Waals surface area contributed by atoms with Crippen LogP contribution in [-0.4, -0.2) is 27.4 Å². The quantitative estimate of drug-likeness (QED) is 0.530. The van der Waals surface area contributed by atoms with Crippen LogP contribution in [0.25, 0.3) is 0 Å². The number of halogens is 2. The Bertz CT molecular complexity index is 983. The van der Waals surface area contributed by atoms with Gasteiger partial charge in [-0.15, -0.1) is 0 Å². The van der Waals surface area contributed by atoms with E-state index in [2.05, 4.69) is 31.1 Å². The number of hydrogen-bond acceptors (Lipinski definition) is 4. The number of hydrogen-bond donors (Lipinski definition) is 3. The molecular weight excluding hydrogens is 420 g/mol. The smallest absolute Gasteiger partial charge is 0.254 e. The van der Waals surface area contributed by atoms with Crippen molar-refractivity contribution in [1.82, 2.24) is 10.2 Å². The molecule has 132 valence electrons. The lowest BCUT2D eigenvalue weighted by Gasteiger charge is -2.03. The van der Waals surface area contributed by atoms with Crippen LogP contribution in [0.1, 0.15) is 27.2 Å². The summed E-state index contributed by atoms with van der Waals surface area (Å²) in [7, 11) is 0. The van der Waals surface area contributed by atoms with Gasteiger partial charge in [0.15, 0.2) is 5.82 Å². The third-order valence-corrected chi connectivity index (χ3v) is 4.89. The number of rotatable bonds is 5. The third-order valence-electron chi connectivity index (χ3n) is 3.66. The molecule has 0 aliphatic rings. The zero-order chi connectivity index (χ0) is 18.7. The molecule has 0 aliphatic heterocycles. The fraction of sp³-hybridized carbons (Fsp3) is 0.0556. The van der Waals surface area contributed by atoms with Crippen molar-refractivity contribution >= 4 is 45.5 Å². The zero-order valence-electron chi connectivity index (χ0n) is 13.4. The predicted octanol–water partition coefficient (Wildman–Crippen LogP) is 3.97. The molecular formula is C18H14BrClN4O2. The summed E-state index contributed by atoms with van der Waals surface area (Å²) in [6.45, 7) is 0. The third kappa shape index (κ3) is 4.12. The maximum atomic E-state index is 11.9. The maximum Gasteiger partial charge on any atom is 0.254 e. The van der Waals surface area contributed by atoms with Crippen LogP contribution in [0.3, 0.4) is 0 Å². The van der Waals surface area contributed by atoms with Gasteiger partial charge in [0.1, 0.15) is 11.3 Å². The summed E-state index contributed by atoms with van der Waals surface area (Å²) >= 11 is 9.45. The SMILES string of the molecule is NC(=O)c1c(N=Cc2ccc(O)cc2)n[nH]c1Cc1ccc(Br)c(Cl)c1. The number of primary amides is 1. The summed E-state index contributed by atoms with van der Waals surface area (Å²) in [5, 5.41) is 16.8. The number of benzene rings is 2. The molecule has 0 aliphatic carbocycles. The van der Waals surface area contributed by atoms with Crippen molar-refractivity contribution in [2.45, 2.75) is 6.42 Å². The number of nitrogens with two attached hydrogens (primary N) is 1. The van der Waals surface area contributed by atoms with Crippen molar-refractivity contribution in [3.8, 4) is 5.75 Å². The highest BCUT2D eigenvalue weighted by Gasteiger charge is 2.18. The topological polar surface area (TPSA) is 104 Å². The molecule has 0 fully saturated rings. The molecule has 3 aromatic rings. The van der Waals surface area contributed by atoms with E-state index in [1.807, 2.05) is 12.1 Å². The lowest BCUT2D eigenvalue weighted by molar-refractivity contribution is 0.100. The number of H-pyrrole nitrogens is 1. The fourth-order valence-electron chi connectivity index (χ4n) is 2.40. The van der Waals surface area contributed by atoms with Gasteiger partial charge in [0.05, 0.1) is 10.7 Å². The van der Waals surface area contributed by atoms with Gasteiger partial charge in [0.2, 0.25) is 0 Å².